The van der Waals surface area contributed by atoms with E-state index in [2.05, 4.69) is 0 Å². The van der Waals surface area contributed by atoms with Crippen molar-refractivity contribution in [3.63, 3.8) is 0 Å². The zero-order chi connectivity index (χ0) is 7.56. The normalized spacial score (nSPS) is 9.80. The lowest BCUT2D eigenvalue weighted by Gasteiger charge is -1.97. The van der Waals surface area contributed by atoms with Gasteiger partial charge in [0.05, 0.1) is 12.2 Å². The molecule has 0 aliphatic carbocycles. The summed E-state index contributed by atoms with van der Waals surface area (Å²) in [4.78, 5) is 10.9. The van der Waals surface area contributed by atoms with Crippen LogP contribution in [0.15, 0.2) is 18.3 Å². The van der Waals surface area contributed by atoms with Crippen molar-refractivity contribution in [1.29, 1.82) is 0 Å². The van der Waals surface area contributed by atoms with Gasteiger partial charge in [-0.3, -0.25) is 4.79 Å². The molecule has 2 N–H and O–H groups in total. The number of aryl methyl sites for hydroxylation is 1. The molecule has 1 aromatic rings. The minimum absolute atomic E-state index is 0.0208. The number of carbonyl (C=O) groups is 1. The van der Waals surface area contributed by atoms with Crippen LogP contribution in [0.2, 0.25) is 0 Å². The van der Waals surface area contributed by atoms with E-state index >= 15 is 0 Å². The predicted molar refractivity (Wildman–Crippen MR) is 38.8 cm³/mol. The smallest absolute Gasteiger partial charge is 0.192 e. The lowest BCUT2D eigenvalue weighted by molar-refractivity contribution is 0.0994. The molecule has 10 heavy (non-hydrogen) atoms. The molecule has 1 aromatic heterocycles. The van der Waals surface area contributed by atoms with Crippen LogP contribution >= 0.6 is 0 Å². The summed E-state index contributed by atoms with van der Waals surface area (Å²) in [5.74, 6) is -0.0208. The van der Waals surface area contributed by atoms with Crippen molar-refractivity contribution in [3.8, 4) is 0 Å². The predicted octanol–water partition coefficient (Wildman–Crippen LogP) is 0.166. The number of hydrogen-bond donors (Lipinski definition) is 1. The molecule has 0 fully saturated rings. The van der Waals surface area contributed by atoms with Crippen molar-refractivity contribution in [2.75, 3.05) is 6.54 Å². The molecule has 3 nitrogen and oxygen atoms in total. The van der Waals surface area contributed by atoms with Gasteiger partial charge in [-0.25, -0.2) is 0 Å². The van der Waals surface area contributed by atoms with Crippen LogP contribution < -0.4 is 5.73 Å². The molecule has 0 amide bonds. The first-order valence-electron chi connectivity index (χ1n) is 3.10. The molecule has 54 valence electrons. The van der Waals surface area contributed by atoms with E-state index in [-0.39, 0.29) is 12.3 Å². The summed E-state index contributed by atoms with van der Waals surface area (Å²) >= 11 is 0. The quantitative estimate of drug-likeness (QED) is 0.592. The number of hydrogen-bond acceptors (Lipinski definition) is 2. The number of Topliss-reactive ketones (excluding diaryl/α,β-unsaturated/α-hetero) is 1. The standard InChI is InChI=1S/C7H10N2O/c1-9-4-2-3-6(9)7(10)5-8/h2-4H,5,8H2,1H3. The maximum absolute atomic E-state index is 10.9. The second kappa shape index (κ2) is 2.66. The highest BCUT2D eigenvalue weighted by atomic mass is 16.1. The molecule has 0 aliphatic rings. The van der Waals surface area contributed by atoms with Gasteiger partial charge in [0.15, 0.2) is 5.78 Å². The number of rotatable bonds is 2. The summed E-state index contributed by atoms with van der Waals surface area (Å²) in [6.07, 6.45) is 1.82. The summed E-state index contributed by atoms with van der Waals surface area (Å²) in [6.45, 7) is 0.0812. The minimum atomic E-state index is -0.0208. The number of nitrogens with zero attached hydrogens (tertiary/aromatic N) is 1. The van der Waals surface area contributed by atoms with Crippen LogP contribution in [0.4, 0.5) is 0 Å². The van der Waals surface area contributed by atoms with Gasteiger partial charge in [-0.15, -0.1) is 0 Å². The molecule has 0 aliphatic heterocycles. The molecule has 0 atom stereocenters. The van der Waals surface area contributed by atoms with Gasteiger partial charge in [-0.05, 0) is 12.1 Å². The molecule has 0 saturated carbocycles. The molecule has 0 unspecified atom stereocenters. The third-order valence-electron chi connectivity index (χ3n) is 1.41. The first-order valence-corrected chi connectivity index (χ1v) is 3.10. The molecule has 0 spiro atoms. The van der Waals surface area contributed by atoms with E-state index in [0.29, 0.717) is 5.69 Å². The van der Waals surface area contributed by atoms with E-state index in [0.717, 1.165) is 0 Å². The maximum Gasteiger partial charge on any atom is 0.192 e. The molecule has 0 saturated heterocycles. The SMILES string of the molecule is Cn1cccc1C(=O)CN. The molecular formula is C7H10N2O. The van der Waals surface area contributed by atoms with Gasteiger partial charge in [0.1, 0.15) is 0 Å². The third kappa shape index (κ3) is 1.09. The van der Waals surface area contributed by atoms with Crippen LogP contribution in [0.25, 0.3) is 0 Å². The Morgan fingerprint density at radius 2 is 2.50 bits per heavy atom. The van der Waals surface area contributed by atoms with Gasteiger partial charge in [0.25, 0.3) is 0 Å². The second-order valence-corrected chi connectivity index (χ2v) is 2.13. The van der Waals surface area contributed by atoms with Gasteiger partial charge in [-0.1, -0.05) is 0 Å². The highest BCUT2D eigenvalue weighted by molar-refractivity contribution is 5.96. The van der Waals surface area contributed by atoms with E-state index in [9.17, 15) is 4.79 Å². The topological polar surface area (TPSA) is 48.0 Å². The van der Waals surface area contributed by atoms with E-state index in [1.165, 1.54) is 0 Å². The first-order chi connectivity index (χ1) is 4.75. The summed E-state index contributed by atoms with van der Waals surface area (Å²) in [6, 6.07) is 3.58. The van der Waals surface area contributed by atoms with Crippen LogP contribution in [0.3, 0.4) is 0 Å². The van der Waals surface area contributed by atoms with Crippen LogP contribution in [-0.4, -0.2) is 16.9 Å². The molecule has 0 radical (unpaired) electrons. The number of aromatic nitrogens is 1. The van der Waals surface area contributed by atoms with Crippen molar-refractivity contribution < 1.29 is 4.79 Å². The van der Waals surface area contributed by atoms with Crippen LogP contribution in [0.1, 0.15) is 10.5 Å². The highest BCUT2D eigenvalue weighted by Crippen LogP contribution is 1.98. The van der Waals surface area contributed by atoms with Crippen LogP contribution in [0.5, 0.6) is 0 Å². The third-order valence-corrected chi connectivity index (χ3v) is 1.41. The summed E-state index contributed by atoms with van der Waals surface area (Å²) < 4.78 is 1.76. The Morgan fingerprint density at radius 1 is 1.80 bits per heavy atom. The molecule has 1 heterocycles. The average molecular weight is 138 g/mol. The monoisotopic (exact) mass is 138 g/mol. The van der Waals surface area contributed by atoms with Crippen LogP contribution in [0, 0.1) is 0 Å². The van der Waals surface area contributed by atoms with Crippen molar-refractivity contribution in [1.82, 2.24) is 4.57 Å². The van der Waals surface area contributed by atoms with Gasteiger partial charge in [-0.2, -0.15) is 0 Å². The zero-order valence-electron chi connectivity index (χ0n) is 5.87. The van der Waals surface area contributed by atoms with Gasteiger partial charge in [0, 0.05) is 13.2 Å². The Balaban J connectivity index is 2.93. The van der Waals surface area contributed by atoms with Crippen LogP contribution in [-0.2, 0) is 7.05 Å². The van der Waals surface area contributed by atoms with E-state index in [1.54, 1.807) is 10.6 Å². The molecule has 1 rings (SSSR count). The number of ketones is 1. The Morgan fingerprint density at radius 3 is 2.90 bits per heavy atom. The van der Waals surface area contributed by atoms with E-state index < -0.39 is 0 Å². The van der Waals surface area contributed by atoms with Gasteiger partial charge >= 0.3 is 0 Å². The molecular weight excluding hydrogens is 128 g/mol. The van der Waals surface area contributed by atoms with Crippen molar-refractivity contribution in [3.05, 3.63) is 24.0 Å². The Hall–Kier alpha value is -1.09. The molecule has 0 aromatic carbocycles. The van der Waals surface area contributed by atoms with E-state index in [1.807, 2.05) is 19.3 Å². The van der Waals surface area contributed by atoms with Crippen molar-refractivity contribution in [2.45, 2.75) is 0 Å². The Labute approximate surface area is 59.4 Å². The maximum atomic E-state index is 10.9. The lowest BCUT2D eigenvalue weighted by atomic mass is 10.3. The summed E-state index contributed by atoms with van der Waals surface area (Å²) in [5, 5.41) is 0. The molecule has 0 bridgehead atoms. The minimum Gasteiger partial charge on any atom is -0.348 e. The number of carbonyl (C=O) groups excluding carboxylic acids is 1. The summed E-state index contributed by atoms with van der Waals surface area (Å²) in [5.41, 5.74) is 5.84. The first kappa shape index (κ1) is 7.02. The molecule has 3 heteroatoms. The van der Waals surface area contributed by atoms with E-state index in [4.69, 9.17) is 5.73 Å². The summed E-state index contributed by atoms with van der Waals surface area (Å²) in [7, 11) is 1.82. The van der Waals surface area contributed by atoms with Gasteiger partial charge < -0.3 is 10.3 Å². The Kier molecular flexibility index (Phi) is 1.87. The van der Waals surface area contributed by atoms with Gasteiger partial charge in [0.2, 0.25) is 0 Å². The largest absolute Gasteiger partial charge is 0.348 e. The average Bonchev–Trinajstić information content (AvgIpc) is 2.34. The fourth-order valence-electron chi connectivity index (χ4n) is 0.855. The second-order valence-electron chi connectivity index (χ2n) is 2.13. The highest BCUT2D eigenvalue weighted by Gasteiger charge is 2.04. The fraction of sp³-hybridized carbons (Fsp3) is 0.286. The van der Waals surface area contributed by atoms with Crippen molar-refractivity contribution >= 4 is 5.78 Å². The zero-order valence-corrected chi connectivity index (χ0v) is 5.87. The Bertz CT molecular complexity index is 240. The number of nitrogens with two attached hydrogens (primary N) is 1. The fourth-order valence-corrected chi connectivity index (χ4v) is 0.855. The van der Waals surface area contributed by atoms with Crippen molar-refractivity contribution in [2.24, 2.45) is 12.8 Å². The lowest BCUT2D eigenvalue weighted by Crippen LogP contribution is -2.16.